The van der Waals surface area contributed by atoms with Gasteiger partial charge in [0.25, 0.3) is 5.91 Å². The molecule has 0 N–H and O–H groups in total. The summed E-state index contributed by atoms with van der Waals surface area (Å²) in [6, 6.07) is 16.8. The highest BCUT2D eigenvalue weighted by molar-refractivity contribution is 7.12. The maximum atomic E-state index is 13.1. The highest BCUT2D eigenvalue weighted by atomic mass is 32.1. The lowest BCUT2D eigenvalue weighted by molar-refractivity contribution is -0.136. The van der Waals surface area contributed by atoms with Crippen LogP contribution < -0.4 is 0 Å². The smallest absolute Gasteiger partial charge is 0.339 e. The molecule has 160 valence electrons. The van der Waals surface area contributed by atoms with Crippen LogP contribution in [0.25, 0.3) is 10.9 Å². The number of aryl methyl sites for hydroxylation is 1. The maximum absolute atomic E-state index is 13.1. The normalized spacial score (nSPS) is 15.7. The monoisotopic (exact) mass is 461 g/mol. The lowest BCUT2D eigenvalue weighted by Crippen LogP contribution is -2.31. The average Bonchev–Trinajstić information content (AvgIpc) is 3.57. The summed E-state index contributed by atoms with van der Waals surface area (Å²) in [4.78, 5) is 32.4. The van der Waals surface area contributed by atoms with Gasteiger partial charge in [-0.2, -0.15) is 5.10 Å². The van der Waals surface area contributed by atoms with Gasteiger partial charge in [0.15, 0.2) is 6.61 Å². The Hall–Kier alpha value is -3.36. The third-order valence-electron chi connectivity index (χ3n) is 5.23. The van der Waals surface area contributed by atoms with Crippen LogP contribution >= 0.6 is 22.7 Å². The van der Waals surface area contributed by atoms with Gasteiger partial charge in [0.05, 0.1) is 27.7 Å². The second-order valence-corrected chi connectivity index (χ2v) is 9.33. The fourth-order valence-corrected chi connectivity index (χ4v) is 5.31. The van der Waals surface area contributed by atoms with E-state index >= 15 is 0 Å². The van der Waals surface area contributed by atoms with E-state index in [-0.39, 0.29) is 18.6 Å². The SMILES string of the molecule is Cc1cc(C(=O)OCC(=O)N2N=C(c3cccs3)CC2c2cccs2)c2ccccc2n1. The number of carbonyl (C=O) groups is 2. The minimum absolute atomic E-state index is 0.192. The zero-order valence-electron chi connectivity index (χ0n) is 17.2. The fraction of sp³-hybridized carbons (Fsp3) is 0.167. The van der Waals surface area contributed by atoms with Crippen molar-refractivity contribution >= 4 is 51.2 Å². The molecule has 6 nitrogen and oxygen atoms in total. The zero-order chi connectivity index (χ0) is 22.1. The van der Waals surface area contributed by atoms with E-state index in [0.717, 1.165) is 15.5 Å². The Bertz CT molecular complexity index is 1310. The number of pyridine rings is 1. The number of nitrogens with zero attached hydrogens (tertiary/aromatic N) is 3. The van der Waals surface area contributed by atoms with Gasteiger partial charge in [0.2, 0.25) is 0 Å². The first-order chi connectivity index (χ1) is 15.6. The highest BCUT2D eigenvalue weighted by Gasteiger charge is 2.34. The van der Waals surface area contributed by atoms with Crippen LogP contribution in [-0.2, 0) is 9.53 Å². The molecule has 1 amide bonds. The van der Waals surface area contributed by atoms with Crippen molar-refractivity contribution in [3.8, 4) is 0 Å². The van der Waals surface area contributed by atoms with Crippen molar-refractivity contribution in [3.05, 3.63) is 86.4 Å². The zero-order valence-corrected chi connectivity index (χ0v) is 18.9. The van der Waals surface area contributed by atoms with Crippen LogP contribution in [0.1, 0.15) is 38.3 Å². The lowest BCUT2D eigenvalue weighted by atomic mass is 10.1. The van der Waals surface area contributed by atoms with E-state index in [0.29, 0.717) is 28.6 Å². The van der Waals surface area contributed by atoms with E-state index in [1.54, 1.807) is 28.7 Å². The molecule has 32 heavy (non-hydrogen) atoms. The Morgan fingerprint density at radius 2 is 1.91 bits per heavy atom. The summed E-state index contributed by atoms with van der Waals surface area (Å²) in [5.74, 6) is -0.896. The van der Waals surface area contributed by atoms with Crippen molar-refractivity contribution in [1.29, 1.82) is 0 Å². The number of hydrogen-bond acceptors (Lipinski definition) is 7. The first kappa shape index (κ1) is 20.5. The number of carbonyl (C=O) groups excluding carboxylic acids is 2. The first-order valence-electron chi connectivity index (χ1n) is 10.1. The van der Waals surface area contributed by atoms with Crippen molar-refractivity contribution < 1.29 is 14.3 Å². The number of benzene rings is 1. The molecule has 0 bridgehead atoms. The number of hydrazone groups is 1. The van der Waals surface area contributed by atoms with Crippen LogP contribution in [-0.4, -0.2) is 34.2 Å². The van der Waals surface area contributed by atoms with E-state index in [1.807, 2.05) is 66.2 Å². The van der Waals surface area contributed by atoms with E-state index < -0.39 is 5.97 Å². The largest absolute Gasteiger partial charge is 0.452 e. The van der Waals surface area contributed by atoms with Crippen LogP contribution in [0, 0.1) is 6.92 Å². The topological polar surface area (TPSA) is 71.9 Å². The van der Waals surface area contributed by atoms with Crippen molar-refractivity contribution in [2.24, 2.45) is 5.10 Å². The molecule has 0 radical (unpaired) electrons. The van der Waals surface area contributed by atoms with E-state index in [4.69, 9.17) is 4.74 Å². The molecule has 0 fully saturated rings. The predicted octanol–water partition coefficient (Wildman–Crippen LogP) is 5.20. The van der Waals surface area contributed by atoms with Gasteiger partial charge in [0, 0.05) is 22.4 Å². The Labute approximate surface area is 192 Å². The lowest BCUT2D eigenvalue weighted by Gasteiger charge is -2.20. The van der Waals surface area contributed by atoms with E-state index in [2.05, 4.69) is 10.1 Å². The molecular weight excluding hydrogens is 442 g/mol. The van der Waals surface area contributed by atoms with Gasteiger partial charge in [-0.25, -0.2) is 9.80 Å². The fourth-order valence-electron chi connectivity index (χ4n) is 3.78. The quantitative estimate of drug-likeness (QED) is 0.383. The Kier molecular flexibility index (Phi) is 5.55. The summed E-state index contributed by atoms with van der Waals surface area (Å²) in [6.07, 6.45) is 0.634. The minimum Gasteiger partial charge on any atom is -0.452 e. The Morgan fingerprint density at radius 1 is 1.09 bits per heavy atom. The third kappa shape index (κ3) is 3.94. The summed E-state index contributed by atoms with van der Waals surface area (Å²) in [7, 11) is 0. The number of esters is 1. The number of fused-ring (bicyclic) bond motifs is 1. The number of hydrogen-bond donors (Lipinski definition) is 0. The van der Waals surface area contributed by atoms with Gasteiger partial charge in [-0.05, 0) is 41.9 Å². The van der Waals surface area contributed by atoms with Crippen LogP contribution in [0.3, 0.4) is 0 Å². The number of aromatic nitrogens is 1. The van der Waals surface area contributed by atoms with Crippen molar-refractivity contribution in [2.75, 3.05) is 6.61 Å². The van der Waals surface area contributed by atoms with Gasteiger partial charge in [-0.3, -0.25) is 9.78 Å². The number of amides is 1. The molecule has 3 aromatic heterocycles. The predicted molar refractivity (Wildman–Crippen MR) is 126 cm³/mol. The minimum atomic E-state index is -0.547. The van der Waals surface area contributed by atoms with Crippen LogP contribution in [0.15, 0.2) is 70.5 Å². The van der Waals surface area contributed by atoms with Gasteiger partial charge in [-0.15, -0.1) is 22.7 Å². The molecule has 1 aliphatic rings. The highest BCUT2D eigenvalue weighted by Crippen LogP contribution is 2.36. The molecule has 0 spiro atoms. The average molecular weight is 462 g/mol. The Balaban J connectivity index is 1.36. The molecule has 0 saturated heterocycles. The van der Waals surface area contributed by atoms with Gasteiger partial charge in [0.1, 0.15) is 0 Å². The first-order valence-corrected chi connectivity index (χ1v) is 11.9. The number of para-hydroxylation sites is 1. The molecule has 1 aromatic carbocycles. The standard InChI is InChI=1S/C24H19N3O3S2/c1-15-12-17(16-6-2-3-7-18(16)25-15)24(29)30-14-23(28)27-20(22-9-5-11-32-22)13-19(26-27)21-8-4-10-31-21/h2-12,20H,13-14H2,1H3. The van der Waals surface area contributed by atoms with Crippen LogP contribution in [0.2, 0.25) is 0 Å². The van der Waals surface area contributed by atoms with E-state index in [9.17, 15) is 9.59 Å². The van der Waals surface area contributed by atoms with E-state index in [1.165, 1.54) is 5.01 Å². The second kappa shape index (κ2) is 8.64. The van der Waals surface area contributed by atoms with Gasteiger partial charge >= 0.3 is 5.97 Å². The summed E-state index contributed by atoms with van der Waals surface area (Å²) in [5.41, 5.74) is 2.70. The molecule has 4 heterocycles. The summed E-state index contributed by atoms with van der Waals surface area (Å²) >= 11 is 3.18. The van der Waals surface area contributed by atoms with Crippen LogP contribution in [0.4, 0.5) is 0 Å². The number of thiophene rings is 2. The molecule has 8 heteroatoms. The summed E-state index contributed by atoms with van der Waals surface area (Å²) in [6.45, 7) is 1.45. The number of ether oxygens (including phenoxy) is 1. The molecule has 1 aliphatic heterocycles. The molecule has 5 rings (SSSR count). The molecule has 1 atom stereocenters. The van der Waals surface area contributed by atoms with Crippen molar-refractivity contribution in [2.45, 2.75) is 19.4 Å². The third-order valence-corrected chi connectivity index (χ3v) is 7.13. The molecule has 0 aliphatic carbocycles. The maximum Gasteiger partial charge on any atom is 0.339 e. The molecule has 1 unspecified atom stereocenters. The second-order valence-electron chi connectivity index (χ2n) is 7.40. The number of rotatable bonds is 5. The summed E-state index contributed by atoms with van der Waals surface area (Å²) in [5, 5.41) is 10.7. The van der Waals surface area contributed by atoms with Crippen LogP contribution in [0.5, 0.6) is 0 Å². The Morgan fingerprint density at radius 3 is 2.69 bits per heavy atom. The molecule has 0 saturated carbocycles. The van der Waals surface area contributed by atoms with Gasteiger partial charge in [-0.1, -0.05) is 30.3 Å². The van der Waals surface area contributed by atoms with Gasteiger partial charge < -0.3 is 4.74 Å². The molecular formula is C24H19N3O3S2. The van der Waals surface area contributed by atoms with Crippen molar-refractivity contribution in [3.63, 3.8) is 0 Å². The molecule has 4 aromatic rings. The summed E-state index contributed by atoms with van der Waals surface area (Å²) < 4.78 is 5.44. The van der Waals surface area contributed by atoms with Crippen molar-refractivity contribution in [1.82, 2.24) is 9.99 Å².